The second-order valence-corrected chi connectivity index (χ2v) is 2.22. The Hall–Kier alpha value is -1.45. The van der Waals surface area contributed by atoms with Crippen LogP contribution in [0.3, 0.4) is 0 Å². The zero-order chi connectivity index (χ0) is 8.27. The molecule has 0 saturated heterocycles. The summed E-state index contributed by atoms with van der Waals surface area (Å²) in [5.41, 5.74) is 0.646. The van der Waals surface area contributed by atoms with Gasteiger partial charge in [0, 0.05) is 0 Å². The van der Waals surface area contributed by atoms with Gasteiger partial charge in [-0.25, -0.2) is 4.74 Å². The second kappa shape index (κ2) is 3.09. The molecule has 0 bridgehead atoms. The zero-order valence-corrected chi connectivity index (χ0v) is 6.15. The fourth-order valence-electron chi connectivity index (χ4n) is 0.913. The largest absolute Gasteiger partial charge is 0.624 e. The van der Waals surface area contributed by atoms with Crippen molar-refractivity contribution in [2.45, 2.75) is 6.42 Å². The molecule has 0 fully saturated rings. The van der Waals surface area contributed by atoms with Gasteiger partial charge in [-0.2, -0.15) is 0 Å². The van der Waals surface area contributed by atoms with Crippen LogP contribution in [0.4, 0.5) is 0 Å². The number of hydrogen-bond acceptors (Lipinski definition) is 3. The molecule has 4 nitrogen and oxygen atoms in total. The maximum atomic E-state index is 10.8. The molecule has 0 heterocycles. The molecule has 1 aliphatic rings. The van der Waals surface area contributed by atoms with E-state index >= 15 is 0 Å². The van der Waals surface area contributed by atoms with Gasteiger partial charge in [0.2, 0.25) is 5.71 Å². The Labute approximate surface area is 64.1 Å². The first-order valence-electron chi connectivity index (χ1n) is 3.23. The Morgan fingerprint density at radius 3 is 2.91 bits per heavy atom. The average molecular weight is 152 g/mol. The van der Waals surface area contributed by atoms with Crippen LogP contribution in [0.25, 0.3) is 0 Å². The van der Waals surface area contributed by atoms with Gasteiger partial charge in [0.05, 0.1) is 6.42 Å². The molecule has 0 N–H and O–H groups in total. The second-order valence-electron chi connectivity index (χ2n) is 2.22. The molecule has 0 amide bonds. The summed E-state index contributed by atoms with van der Waals surface area (Å²) in [5.74, 6) is 0. The minimum atomic E-state index is 0.227. The lowest BCUT2D eigenvalue weighted by molar-refractivity contribution is -0.423. The maximum Gasteiger partial charge on any atom is 0.220 e. The number of hydrogen-bond donors (Lipinski definition) is 0. The van der Waals surface area contributed by atoms with Gasteiger partial charge in [0.1, 0.15) is 7.05 Å². The van der Waals surface area contributed by atoms with Crippen LogP contribution >= 0.6 is 0 Å². The molecule has 0 aliphatic heterocycles. The Balaban J connectivity index is 3.03. The first kappa shape index (κ1) is 7.65. The van der Waals surface area contributed by atoms with Gasteiger partial charge in [-0.1, -0.05) is 12.2 Å². The lowest BCUT2D eigenvalue weighted by atomic mass is 10.1. The number of hydroxylamine groups is 1. The Kier molecular flexibility index (Phi) is 2.15. The van der Waals surface area contributed by atoms with Crippen molar-refractivity contribution in [2.24, 2.45) is 5.18 Å². The first-order chi connectivity index (χ1) is 5.25. The number of allylic oxidation sites excluding steroid dienone is 4. The maximum absolute atomic E-state index is 10.8. The van der Waals surface area contributed by atoms with E-state index < -0.39 is 0 Å². The Morgan fingerprint density at radius 1 is 1.73 bits per heavy atom. The van der Waals surface area contributed by atoms with Crippen molar-refractivity contribution in [3.63, 3.8) is 0 Å². The predicted octanol–water partition coefficient (Wildman–Crippen LogP) is 1.18. The van der Waals surface area contributed by atoms with E-state index in [-0.39, 0.29) is 5.70 Å². The molecule has 0 atom stereocenters. The highest BCUT2D eigenvalue weighted by Gasteiger charge is 2.15. The van der Waals surface area contributed by atoms with Crippen LogP contribution in [-0.4, -0.2) is 17.5 Å². The summed E-state index contributed by atoms with van der Waals surface area (Å²) in [6, 6.07) is 0. The van der Waals surface area contributed by atoms with E-state index in [1.165, 1.54) is 13.1 Å². The van der Waals surface area contributed by atoms with Crippen LogP contribution in [0.2, 0.25) is 0 Å². The molecule has 0 saturated carbocycles. The fourth-order valence-corrected chi connectivity index (χ4v) is 0.913. The monoisotopic (exact) mass is 152 g/mol. The zero-order valence-electron chi connectivity index (χ0n) is 6.15. The third-order valence-electron chi connectivity index (χ3n) is 1.48. The van der Waals surface area contributed by atoms with Gasteiger partial charge in [0.15, 0.2) is 5.70 Å². The van der Waals surface area contributed by atoms with Crippen molar-refractivity contribution < 1.29 is 4.74 Å². The molecule has 0 aromatic rings. The van der Waals surface area contributed by atoms with Gasteiger partial charge in [-0.3, -0.25) is 0 Å². The summed E-state index contributed by atoms with van der Waals surface area (Å²) in [6.07, 6.45) is 5.53. The third kappa shape index (κ3) is 1.52. The van der Waals surface area contributed by atoms with Crippen molar-refractivity contribution in [3.8, 4) is 0 Å². The lowest BCUT2D eigenvalue weighted by Gasteiger charge is -2.05. The molecule has 4 heteroatoms. The van der Waals surface area contributed by atoms with Crippen LogP contribution < -0.4 is 0 Å². The van der Waals surface area contributed by atoms with Crippen molar-refractivity contribution in [2.75, 3.05) is 7.05 Å². The summed E-state index contributed by atoms with van der Waals surface area (Å²) in [4.78, 5) is 10.1. The quantitative estimate of drug-likeness (QED) is 0.245. The average Bonchev–Trinajstić information content (AvgIpc) is 2.04. The molecule has 11 heavy (non-hydrogen) atoms. The molecular weight excluding hydrogens is 144 g/mol. The first-order valence-corrected chi connectivity index (χ1v) is 3.23. The molecule has 0 aromatic heterocycles. The highest BCUT2D eigenvalue weighted by molar-refractivity contribution is 5.98. The molecule has 0 spiro atoms. The van der Waals surface area contributed by atoms with E-state index in [9.17, 15) is 10.1 Å². The molecule has 1 aliphatic carbocycles. The highest BCUT2D eigenvalue weighted by Crippen LogP contribution is 2.09. The van der Waals surface area contributed by atoms with E-state index in [1.807, 2.05) is 0 Å². The van der Waals surface area contributed by atoms with Crippen LogP contribution in [-0.2, 0) is 0 Å². The number of rotatable bonds is 1. The highest BCUT2D eigenvalue weighted by atomic mass is 16.5. The molecule has 1 rings (SSSR count). The van der Waals surface area contributed by atoms with Crippen molar-refractivity contribution in [1.82, 2.24) is 0 Å². The fraction of sp³-hybridized carbons (Fsp3) is 0.286. The standard InChI is InChI=1S/C7H8N2O2/c1-9(11)7-5-3-2-4-6(7)8-10/h2-4H,5H2,1H3/b9-7-. The summed E-state index contributed by atoms with van der Waals surface area (Å²) >= 11 is 0. The van der Waals surface area contributed by atoms with E-state index in [2.05, 4.69) is 5.18 Å². The Bertz CT molecular complexity index is 260. The van der Waals surface area contributed by atoms with Crippen LogP contribution in [0.1, 0.15) is 6.42 Å². The normalized spacial score (nSPS) is 21.0. The summed E-state index contributed by atoms with van der Waals surface area (Å²) in [7, 11) is 1.35. The van der Waals surface area contributed by atoms with Crippen molar-refractivity contribution in [3.05, 3.63) is 34.0 Å². The molecule has 0 unspecified atom stereocenters. The van der Waals surface area contributed by atoms with Crippen molar-refractivity contribution >= 4 is 5.71 Å². The van der Waals surface area contributed by atoms with Gasteiger partial charge in [-0.15, -0.1) is 4.91 Å². The van der Waals surface area contributed by atoms with Crippen molar-refractivity contribution in [1.29, 1.82) is 0 Å². The van der Waals surface area contributed by atoms with Gasteiger partial charge < -0.3 is 5.21 Å². The van der Waals surface area contributed by atoms with Crippen LogP contribution in [0.15, 0.2) is 29.1 Å². The van der Waals surface area contributed by atoms with Gasteiger partial charge >= 0.3 is 0 Å². The van der Waals surface area contributed by atoms with E-state index in [4.69, 9.17) is 0 Å². The number of nitroso groups, excluding NO2 is 1. The minimum Gasteiger partial charge on any atom is -0.624 e. The topological polar surface area (TPSA) is 55.5 Å². The SMILES string of the molecule is C/[N+]([O-])=C1\CC=CC=C1N=O. The van der Waals surface area contributed by atoms with Gasteiger partial charge in [-0.05, 0) is 11.3 Å². The molecule has 58 valence electrons. The number of nitrogens with zero attached hydrogens (tertiary/aromatic N) is 2. The minimum absolute atomic E-state index is 0.227. The van der Waals surface area contributed by atoms with Gasteiger partial charge in [0.25, 0.3) is 0 Å². The summed E-state index contributed by atoms with van der Waals surface area (Å²) in [6.45, 7) is 0. The third-order valence-corrected chi connectivity index (χ3v) is 1.48. The summed E-state index contributed by atoms with van der Waals surface area (Å²) in [5, 5.41) is 13.5. The molecular formula is C7H8N2O2. The van der Waals surface area contributed by atoms with E-state index in [0.29, 0.717) is 16.9 Å². The van der Waals surface area contributed by atoms with Crippen LogP contribution in [0.5, 0.6) is 0 Å². The summed E-state index contributed by atoms with van der Waals surface area (Å²) < 4.78 is 0.663. The van der Waals surface area contributed by atoms with E-state index in [1.54, 1.807) is 12.2 Å². The van der Waals surface area contributed by atoms with E-state index in [0.717, 1.165) is 0 Å². The lowest BCUT2D eigenvalue weighted by Crippen LogP contribution is -2.14. The molecule has 0 radical (unpaired) electrons. The van der Waals surface area contributed by atoms with Crippen LogP contribution in [0, 0.1) is 10.1 Å². The predicted molar refractivity (Wildman–Crippen MR) is 42.2 cm³/mol. The Morgan fingerprint density at radius 2 is 2.45 bits per heavy atom. The smallest absolute Gasteiger partial charge is 0.220 e. The molecule has 0 aromatic carbocycles.